The number of hydrogen-bond donors (Lipinski definition) is 1. The summed E-state index contributed by atoms with van der Waals surface area (Å²) in [5.74, 6) is 1.66. The maximum absolute atomic E-state index is 14.1. The average Bonchev–Trinajstić information content (AvgIpc) is 2.91. The Bertz CT molecular complexity index is 925. The van der Waals surface area contributed by atoms with Crippen LogP contribution in [0, 0.1) is 5.92 Å². The molecular weight excluding hydrogens is 526 g/mol. The summed E-state index contributed by atoms with van der Waals surface area (Å²) in [4.78, 5) is 42.6. The molecule has 0 radical (unpaired) electrons. The molecule has 1 heterocycles. The first kappa shape index (κ1) is 32.3. The maximum atomic E-state index is 14.1. The molecular formula is C31H49N3O5S. The Kier molecular flexibility index (Phi) is 13.1. The topological polar surface area (TPSA) is 88.2 Å². The summed E-state index contributed by atoms with van der Waals surface area (Å²) in [7, 11) is 0. The number of carbonyl (C=O) groups is 3. The molecule has 3 rings (SSSR count). The van der Waals surface area contributed by atoms with E-state index in [-0.39, 0.29) is 24.5 Å². The van der Waals surface area contributed by atoms with Crippen LogP contribution in [0.1, 0.15) is 78.2 Å². The number of amides is 2. The molecule has 2 fully saturated rings. The van der Waals surface area contributed by atoms with Gasteiger partial charge in [0.1, 0.15) is 18.2 Å². The highest BCUT2D eigenvalue weighted by Crippen LogP contribution is 2.27. The van der Waals surface area contributed by atoms with Crippen LogP contribution >= 0.6 is 11.8 Å². The number of carbonyl (C=O) groups excluding carboxylic acids is 3. The molecule has 0 bridgehead atoms. The number of rotatable bonds is 12. The van der Waals surface area contributed by atoms with E-state index in [4.69, 9.17) is 9.47 Å². The number of nitrogens with one attached hydrogen (secondary N) is 1. The second kappa shape index (κ2) is 16.2. The first-order valence-electron chi connectivity index (χ1n) is 14.9. The van der Waals surface area contributed by atoms with Gasteiger partial charge in [0, 0.05) is 38.4 Å². The van der Waals surface area contributed by atoms with E-state index in [1.807, 2.05) is 31.7 Å². The van der Waals surface area contributed by atoms with Crippen molar-refractivity contribution in [2.24, 2.45) is 5.92 Å². The molecule has 1 aromatic carbocycles. The molecule has 0 spiro atoms. The van der Waals surface area contributed by atoms with Crippen LogP contribution in [0.4, 0.5) is 4.79 Å². The number of nitrogens with zero attached hydrogens (tertiary/aromatic N) is 2. The first-order chi connectivity index (χ1) is 19.1. The quantitative estimate of drug-likeness (QED) is 0.341. The molecule has 1 atom stereocenters. The maximum Gasteiger partial charge on any atom is 0.408 e. The summed E-state index contributed by atoms with van der Waals surface area (Å²) in [6.45, 7) is 9.90. The fourth-order valence-electron chi connectivity index (χ4n) is 5.52. The molecule has 1 aliphatic heterocycles. The Morgan fingerprint density at radius 1 is 1.05 bits per heavy atom. The Balaban J connectivity index is 1.67. The zero-order chi connectivity index (χ0) is 29.0. The molecule has 2 aliphatic rings. The van der Waals surface area contributed by atoms with E-state index in [1.165, 1.54) is 44.6 Å². The lowest BCUT2D eigenvalue weighted by Gasteiger charge is -2.40. The van der Waals surface area contributed by atoms with Gasteiger partial charge in [-0.25, -0.2) is 4.79 Å². The zero-order valence-corrected chi connectivity index (χ0v) is 25.7. The Labute approximate surface area is 244 Å². The van der Waals surface area contributed by atoms with Gasteiger partial charge in [0.25, 0.3) is 0 Å². The molecule has 0 aromatic heterocycles. The average molecular weight is 576 g/mol. The van der Waals surface area contributed by atoms with Crippen molar-refractivity contribution in [3.8, 4) is 0 Å². The van der Waals surface area contributed by atoms with Gasteiger partial charge in [-0.2, -0.15) is 11.8 Å². The van der Waals surface area contributed by atoms with Crippen LogP contribution in [0.5, 0.6) is 0 Å². The highest BCUT2D eigenvalue weighted by atomic mass is 32.2. The van der Waals surface area contributed by atoms with Gasteiger partial charge in [-0.05, 0) is 63.7 Å². The van der Waals surface area contributed by atoms with E-state index in [2.05, 4.69) is 34.5 Å². The Morgan fingerprint density at radius 3 is 2.35 bits per heavy atom. The number of piperidine rings is 1. The normalized spacial score (nSPS) is 18.1. The highest BCUT2D eigenvalue weighted by molar-refractivity contribution is 7.99. The van der Waals surface area contributed by atoms with E-state index in [1.54, 1.807) is 11.8 Å². The predicted octanol–water partition coefficient (Wildman–Crippen LogP) is 5.25. The van der Waals surface area contributed by atoms with Crippen molar-refractivity contribution in [1.82, 2.24) is 15.1 Å². The summed E-state index contributed by atoms with van der Waals surface area (Å²) in [6, 6.07) is 9.72. The van der Waals surface area contributed by atoms with Crippen LogP contribution in [0.3, 0.4) is 0 Å². The van der Waals surface area contributed by atoms with Gasteiger partial charge in [-0.3, -0.25) is 14.5 Å². The van der Waals surface area contributed by atoms with Crippen LogP contribution in [-0.4, -0.2) is 83.2 Å². The lowest BCUT2D eigenvalue weighted by molar-refractivity contribution is -0.145. The molecule has 8 nitrogen and oxygen atoms in total. The number of benzene rings is 1. The van der Waals surface area contributed by atoms with E-state index in [0.29, 0.717) is 18.2 Å². The third kappa shape index (κ3) is 11.7. The van der Waals surface area contributed by atoms with Gasteiger partial charge in [-0.15, -0.1) is 0 Å². The van der Waals surface area contributed by atoms with Crippen LogP contribution in [0.25, 0.3) is 0 Å². The minimum Gasteiger partial charge on any atom is -0.464 e. The number of ether oxygens (including phenoxy) is 2. The smallest absolute Gasteiger partial charge is 0.408 e. The zero-order valence-electron chi connectivity index (χ0n) is 24.9. The summed E-state index contributed by atoms with van der Waals surface area (Å²) < 4.78 is 10.8. The molecule has 224 valence electrons. The van der Waals surface area contributed by atoms with Gasteiger partial charge in [0.05, 0.1) is 6.54 Å². The Hall–Kier alpha value is -2.26. The molecule has 1 unspecified atom stereocenters. The Morgan fingerprint density at radius 2 is 1.73 bits per heavy atom. The minimum atomic E-state index is -0.705. The molecule has 9 heteroatoms. The summed E-state index contributed by atoms with van der Waals surface area (Å²) >= 11 is 1.74. The van der Waals surface area contributed by atoms with Crippen molar-refractivity contribution in [3.63, 3.8) is 0 Å². The van der Waals surface area contributed by atoms with E-state index >= 15 is 0 Å². The van der Waals surface area contributed by atoms with Crippen molar-refractivity contribution in [2.45, 2.75) is 96.9 Å². The van der Waals surface area contributed by atoms with Gasteiger partial charge >= 0.3 is 12.1 Å². The fraction of sp³-hybridized carbons (Fsp3) is 0.710. The molecule has 1 aliphatic carbocycles. The van der Waals surface area contributed by atoms with Gasteiger partial charge in [0.2, 0.25) is 5.91 Å². The number of esters is 1. The third-order valence-corrected chi connectivity index (χ3v) is 8.80. The SMILES string of the molecule is CC(=O)OCCN(C(=O)C(CSCC1CCCCC1)NC(=O)OC(C)(C)C)C1CCN(Cc2ccccc2)CC1. The van der Waals surface area contributed by atoms with Crippen molar-refractivity contribution < 1.29 is 23.9 Å². The molecule has 2 amide bonds. The lowest BCUT2D eigenvalue weighted by atomic mass is 9.91. The van der Waals surface area contributed by atoms with E-state index < -0.39 is 17.7 Å². The standard InChI is InChI=1S/C31H49N3O5S/c1-24(35)38-20-19-34(27-15-17-33(18-16-27)21-25-11-7-5-8-12-25)29(36)28(32-30(37)39-31(2,3)4)23-40-22-26-13-9-6-10-14-26/h5,7-8,11-12,26-28H,6,9-10,13-23H2,1-4H3,(H,32,37). The van der Waals surface area contributed by atoms with Crippen LogP contribution < -0.4 is 5.32 Å². The molecule has 1 aromatic rings. The van der Waals surface area contributed by atoms with Crippen LogP contribution in [0.2, 0.25) is 0 Å². The van der Waals surface area contributed by atoms with E-state index in [9.17, 15) is 14.4 Å². The van der Waals surface area contributed by atoms with Crippen molar-refractivity contribution in [1.29, 1.82) is 0 Å². The van der Waals surface area contributed by atoms with Gasteiger partial charge in [0.15, 0.2) is 0 Å². The molecule has 1 N–H and O–H groups in total. The summed E-state index contributed by atoms with van der Waals surface area (Å²) in [6.07, 6.45) is 7.40. The number of alkyl carbamates (subject to hydrolysis) is 1. The predicted molar refractivity (Wildman–Crippen MR) is 160 cm³/mol. The molecule has 1 saturated carbocycles. The minimum absolute atomic E-state index is 0.0152. The molecule has 1 saturated heterocycles. The first-order valence-corrected chi connectivity index (χ1v) is 16.0. The van der Waals surface area contributed by atoms with Crippen molar-refractivity contribution >= 4 is 29.7 Å². The van der Waals surface area contributed by atoms with Crippen LogP contribution in [0.15, 0.2) is 30.3 Å². The van der Waals surface area contributed by atoms with Crippen molar-refractivity contribution in [2.75, 3.05) is 37.7 Å². The monoisotopic (exact) mass is 575 g/mol. The third-order valence-electron chi connectivity index (χ3n) is 7.52. The number of likely N-dealkylation sites (tertiary alicyclic amines) is 1. The second-order valence-corrected chi connectivity index (χ2v) is 13.2. The largest absolute Gasteiger partial charge is 0.464 e. The fourth-order valence-corrected chi connectivity index (χ4v) is 6.79. The molecule has 40 heavy (non-hydrogen) atoms. The number of hydrogen-bond acceptors (Lipinski definition) is 7. The second-order valence-electron chi connectivity index (χ2n) is 12.1. The van der Waals surface area contributed by atoms with E-state index in [0.717, 1.165) is 38.2 Å². The summed E-state index contributed by atoms with van der Waals surface area (Å²) in [5, 5.41) is 2.88. The van der Waals surface area contributed by atoms with Crippen molar-refractivity contribution in [3.05, 3.63) is 35.9 Å². The highest BCUT2D eigenvalue weighted by Gasteiger charge is 2.34. The number of thioether (sulfide) groups is 1. The van der Waals surface area contributed by atoms with Gasteiger partial charge in [-0.1, -0.05) is 49.6 Å². The van der Waals surface area contributed by atoms with Gasteiger partial charge < -0.3 is 19.7 Å². The summed E-state index contributed by atoms with van der Waals surface area (Å²) in [5.41, 5.74) is 0.619. The van der Waals surface area contributed by atoms with Crippen LogP contribution in [-0.2, 0) is 25.6 Å². The lowest BCUT2D eigenvalue weighted by Crippen LogP contribution is -2.56.